The van der Waals surface area contributed by atoms with E-state index >= 15 is 0 Å². The SMILES string of the molecule is C1=CC2=CC=C(CC2)N1.C1=Cc2ccc3c(c2CC1)CCc1c(CCCCCc2ccccc2)cccc1-3. The van der Waals surface area contributed by atoms with Gasteiger partial charge in [0.25, 0.3) is 0 Å². The monoisotopic (exact) mass is 497 g/mol. The number of unbranched alkanes of at least 4 members (excludes halogenated alkanes) is 2. The number of hydrogen-bond acceptors (Lipinski definition) is 1. The van der Waals surface area contributed by atoms with Gasteiger partial charge >= 0.3 is 0 Å². The van der Waals surface area contributed by atoms with Crippen molar-refractivity contribution >= 4 is 6.08 Å². The van der Waals surface area contributed by atoms with Gasteiger partial charge in [-0.1, -0.05) is 85.3 Å². The predicted molar refractivity (Wildman–Crippen MR) is 162 cm³/mol. The van der Waals surface area contributed by atoms with Gasteiger partial charge in [0.15, 0.2) is 0 Å². The Labute approximate surface area is 228 Å². The molecule has 1 heteroatoms. The maximum Gasteiger partial charge on any atom is 0.0150 e. The summed E-state index contributed by atoms with van der Waals surface area (Å²) in [4.78, 5) is 0. The highest BCUT2D eigenvalue weighted by Gasteiger charge is 2.22. The lowest BCUT2D eigenvalue weighted by Gasteiger charge is -2.27. The Bertz CT molecular complexity index is 1400. The molecular weight excluding hydrogens is 458 g/mol. The van der Waals surface area contributed by atoms with Crippen molar-refractivity contribution in [1.82, 2.24) is 5.32 Å². The molecule has 1 N–H and O–H groups in total. The number of aryl methyl sites for hydroxylation is 2. The largest absolute Gasteiger partial charge is 0.365 e. The second-order valence-electron chi connectivity index (χ2n) is 11.0. The first-order chi connectivity index (χ1) is 18.8. The standard InChI is InChI=1S/C29H30.C8H9N/c1-3-10-22(11-4-1)12-5-2-6-13-23-15-9-17-27-26(23)20-21-28-25-16-8-7-14-24(25)18-19-29(27)28;1-3-8-4-2-7(1)5-6-9-8/h1,3-4,7,9-11,14-15,17-19H,2,5-6,8,12-13,16,20-21H2;1,3,5-6,9H,2,4H2. The van der Waals surface area contributed by atoms with Crippen LogP contribution in [-0.2, 0) is 32.1 Å². The number of rotatable bonds is 6. The summed E-state index contributed by atoms with van der Waals surface area (Å²) in [5, 5.41) is 3.20. The summed E-state index contributed by atoms with van der Waals surface area (Å²) in [7, 11) is 0. The molecule has 0 radical (unpaired) electrons. The molecule has 192 valence electrons. The van der Waals surface area contributed by atoms with Crippen LogP contribution in [0.3, 0.4) is 0 Å². The van der Waals surface area contributed by atoms with E-state index in [2.05, 4.69) is 96.4 Å². The second-order valence-corrected chi connectivity index (χ2v) is 11.0. The van der Waals surface area contributed by atoms with E-state index in [1.165, 1.54) is 104 Å². The van der Waals surface area contributed by atoms with E-state index in [0.29, 0.717) is 0 Å². The van der Waals surface area contributed by atoms with Crippen molar-refractivity contribution < 1.29 is 0 Å². The predicted octanol–water partition coefficient (Wildman–Crippen LogP) is 9.07. The number of fused-ring (bicyclic) bond motifs is 8. The van der Waals surface area contributed by atoms with Crippen LogP contribution in [0, 0.1) is 0 Å². The topological polar surface area (TPSA) is 12.0 Å². The van der Waals surface area contributed by atoms with E-state index in [4.69, 9.17) is 0 Å². The molecule has 3 aliphatic carbocycles. The minimum absolute atomic E-state index is 1.18. The fourth-order valence-corrected chi connectivity index (χ4v) is 6.44. The summed E-state index contributed by atoms with van der Waals surface area (Å²) in [6.45, 7) is 0. The highest BCUT2D eigenvalue weighted by molar-refractivity contribution is 5.78. The zero-order chi connectivity index (χ0) is 25.6. The molecule has 38 heavy (non-hydrogen) atoms. The summed E-state index contributed by atoms with van der Waals surface area (Å²) in [5.41, 5.74) is 15.2. The summed E-state index contributed by atoms with van der Waals surface area (Å²) in [5.74, 6) is 0. The van der Waals surface area contributed by atoms with Crippen LogP contribution in [0.25, 0.3) is 17.2 Å². The van der Waals surface area contributed by atoms with Crippen LogP contribution in [0.1, 0.15) is 71.9 Å². The Kier molecular flexibility index (Phi) is 7.72. The van der Waals surface area contributed by atoms with E-state index < -0.39 is 0 Å². The van der Waals surface area contributed by atoms with Crippen LogP contribution in [0.4, 0.5) is 0 Å². The molecular formula is C37H39N. The highest BCUT2D eigenvalue weighted by atomic mass is 14.9. The zero-order valence-corrected chi connectivity index (χ0v) is 22.5. The quantitative estimate of drug-likeness (QED) is 0.335. The molecule has 2 bridgehead atoms. The Morgan fingerprint density at radius 3 is 2.37 bits per heavy atom. The average Bonchev–Trinajstić information content (AvgIpc) is 3.36. The van der Waals surface area contributed by atoms with Gasteiger partial charge in [-0.3, -0.25) is 0 Å². The molecule has 3 aromatic rings. The lowest BCUT2D eigenvalue weighted by atomic mass is 9.78. The highest BCUT2D eigenvalue weighted by Crippen LogP contribution is 2.39. The maximum atomic E-state index is 3.20. The van der Waals surface area contributed by atoms with E-state index in [1.807, 2.05) is 6.20 Å². The van der Waals surface area contributed by atoms with Gasteiger partial charge in [-0.2, -0.15) is 0 Å². The van der Waals surface area contributed by atoms with Crippen molar-refractivity contribution in [2.45, 2.75) is 70.6 Å². The molecule has 2 aliphatic heterocycles. The Hall–Kier alpha value is -3.58. The van der Waals surface area contributed by atoms with Crippen molar-refractivity contribution in [3.05, 3.63) is 136 Å². The molecule has 0 spiro atoms. The van der Waals surface area contributed by atoms with Gasteiger partial charge in [0.1, 0.15) is 0 Å². The van der Waals surface area contributed by atoms with Gasteiger partial charge < -0.3 is 5.32 Å². The molecule has 2 heterocycles. The Balaban J connectivity index is 0.000000246. The lowest BCUT2D eigenvalue weighted by molar-refractivity contribution is 0.675. The van der Waals surface area contributed by atoms with Crippen LogP contribution in [0.2, 0.25) is 0 Å². The van der Waals surface area contributed by atoms with Gasteiger partial charge in [-0.05, 0) is 126 Å². The minimum atomic E-state index is 1.18. The molecule has 0 amide bonds. The van der Waals surface area contributed by atoms with Gasteiger partial charge in [-0.25, -0.2) is 0 Å². The van der Waals surface area contributed by atoms with Crippen molar-refractivity contribution in [3.8, 4) is 11.1 Å². The first kappa shape index (κ1) is 24.7. The summed E-state index contributed by atoms with van der Waals surface area (Å²) in [6, 6.07) is 22.6. The molecule has 1 nitrogen and oxygen atoms in total. The fraction of sp³-hybridized carbons (Fsp3) is 0.297. The summed E-state index contributed by atoms with van der Waals surface area (Å²) < 4.78 is 0. The van der Waals surface area contributed by atoms with E-state index in [-0.39, 0.29) is 0 Å². The number of nitrogens with one attached hydrogen (secondary N) is 1. The normalized spacial score (nSPS) is 16.1. The van der Waals surface area contributed by atoms with Crippen molar-refractivity contribution in [2.24, 2.45) is 0 Å². The van der Waals surface area contributed by atoms with Gasteiger partial charge in [0, 0.05) is 11.9 Å². The molecule has 0 saturated heterocycles. The number of allylic oxidation sites excluding steroid dienone is 6. The Morgan fingerprint density at radius 1 is 0.605 bits per heavy atom. The first-order valence-electron chi connectivity index (χ1n) is 14.6. The van der Waals surface area contributed by atoms with E-state index in [9.17, 15) is 0 Å². The third-order valence-electron chi connectivity index (χ3n) is 8.52. The van der Waals surface area contributed by atoms with Crippen molar-refractivity contribution in [3.63, 3.8) is 0 Å². The third-order valence-corrected chi connectivity index (χ3v) is 8.52. The maximum absolute atomic E-state index is 3.20. The molecule has 8 rings (SSSR count). The van der Waals surface area contributed by atoms with Crippen LogP contribution in [0.15, 0.2) is 102 Å². The molecule has 0 unspecified atom stereocenters. The number of hydrogen-bond donors (Lipinski definition) is 1. The number of benzene rings is 3. The van der Waals surface area contributed by atoms with Crippen molar-refractivity contribution in [1.29, 1.82) is 0 Å². The minimum Gasteiger partial charge on any atom is -0.365 e. The van der Waals surface area contributed by atoms with Crippen LogP contribution in [-0.4, -0.2) is 0 Å². The average molecular weight is 498 g/mol. The summed E-state index contributed by atoms with van der Waals surface area (Å²) >= 11 is 0. The van der Waals surface area contributed by atoms with Gasteiger partial charge in [0.05, 0.1) is 0 Å². The molecule has 0 saturated carbocycles. The van der Waals surface area contributed by atoms with Gasteiger partial charge in [-0.15, -0.1) is 0 Å². The smallest absolute Gasteiger partial charge is 0.0150 e. The fourth-order valence-electron chi connectivity index (χ4n) is 6.44. The van der Waals surface area contributed by atoms with Crippen LogP contribution < -0.4 is 5.32 Å². The Morgan fingerprint density at radius 2 is 1.47 bits per heavy atom. The van der Waals surface area contributed by atoms with Crippen LogP contribution in [0.5, 0.6) is 0 Å². The van der Waals surface area contributed by atoms with E-state index in [1.54, 1.807) is 22.3 Å². The molecule has 3 aromatic carbocycles. The van der Waals surface area contributed by atoms with E-state index in [0.717, 1.165) is 0 Å². The first-order valence-corrected chi connectivity index (χ1v) is 14.6. The molecule has 0 aromatic heterocycles. The summed E-state index contributed by atoms with van der Waals surface area (Å²) in [6.07, 6.45) is 26.7. The zero-order valence-electron chi connectivity index (χ0n) is 22.5. The lowest BCUT2D eigenvalue weighted by Crippen LogP contribution is -2.11. The molecule has 5 aliphatic rings. The van der Waals surface area contributed by atoms with Gasteiger partial charge in [0.2, 0.25) is 0 Å². The second kappa shape index (κ2) is 11.9. The molecule has 0 fully saturated rings. The van der Waals surface area contributed by atoms with Crippen LogP contribution >= 0.6 is 0 Å². The third kappa shape index (κ3) is 5.63. The van der Waals surface area contributed by atoms with Crippen molar-refractivity contribution in [2.75, 3.05) is 0 Å². The molecule has 0 atom stereocenters.